The first-order chi connectivity index (χ1) is 16.7. The number of nitrogens with one attached hydrogen (secondary N) is 1. The number of hydrogen-bond acceptors (Lipinski definition) is 9. The molecule has 1 aromatic heterocycles. The standard InChI is InChI=1S/C23H25ClN4O6S/c1-14-16(24)6-5-7-19(14)35(29,30)27-20-22(26-23-21(25-20)28(2)10-11-33-23)34-13-15-8-9-17(31-3)18(12-15)32-4/h5-9,12H,10-11,13H2,1-4H3,(H,25,27). The van der Waals surface area contributed by atoms with Gasteiger partial charge in [-0.1, -0.05) is 23.7 Å². The summed E-state index contributed by atoms with van der Waals surface area (Å²) in [5.74, 6) is 1.66. The zero-order valence-electron chi connectivity index (χ0n) is 19.7. The van der Waals surface area contributed by atoms with Crippen molar-refractivity contribution in [2.75, 3.05) is 44.0 Å². The molecule has 1 aliphatic heterocycles. The van der Waals surface area contributed by atoms with Crippen LogP contribution in [0.25, 0.3) is 0 Å². The van der Waals surface area contributed by atoms with Crippen LogP contribution in [0.2, 0.25) is 5.02 Å². The van der Waals surface area contributed by atoms with Gasteiger partial charge >= 0.3 is 0 Å². The minimum atomic E-state index is -4.05. The van der Waals surface area contributed by atoms with E-state index in [1.54, 1.807) is 44.4 Å². The second-order valence-corrected chi connectivity index (χ2v) is 9.78. The summed E-state index contributed by atoms with van der Waals surface area (Å²) in [5.41, 5.74) is 1.17. The van der Waals surface area contributed by atoms with Gasteiger partial charge in [-0.3, -0.25) is 4.72 Å². The van der Waals surface area contributed by atoms with Crippen LogP contribution < -0.4 is 28.6 Å². The van der Waals surface area contributed by atoms with Crippen molar-refractivity contribution in [3.8, 4) is 23.3 Å². The summed E-state index contributed by atoms with van der Waals surface area (Å²) in [7, 11) is 0.858. The van der Waals surface area contributed by atoms with Gasteiger partial charge in [-0.25, -0.2) is 13.4 Å². The fourth-order valence-electron chi connectivity index (χ4n) is 3.48. The van der Waals surface area contributed by atoms with E-state index >= 15 is 0 Å². The van der Waals surface area contributed by atoms with Gasteiger partial charge in [0.25, 0.3) is 21.8 Å². The maximum absolute atomic E-state index is 13.2. The molecule has 0 saturated heterocycles. The lowest BCUT2D eigenvalue weighted by molar-refractivity contribution is 0.267. The predicted molar refractivity (Wildman–Crippen MR) is 132 cm³/mol. The maximum Gasteiger partial charge on any atom is 0.263 e. The Labute approximate surface area is 208 Å². The molecule has 0 atom stereocenters. The zero-order chi connectivity index (χ0) is 25.2. The van der Waals surface area contributed by atoms with Gasteiger partial charge in [-0.05, 0) is 42.3 Å². The van der Waals surface area contributed by atoms with E-state index in [2.05, 4.69) is 14.7 Å². The number of anilines is 2. The molecule has 2 aromatic carbocycles. The fourth-order valence-corrected chi connectivity index (χ4v) is 4.98. The fraction of sp³-hybridized carbons (Fsp3) is 0.304. The number of ether oxygens (including phenoxy) is 4. The Hall–Kier alpha value is -3.44. The second-order valence-electron chi connectivity index (χ2n) is 7.72. The first-order valence-corrected chi connectivity index (χ1v) is 12.5. The van der Waals surface area contributed by atoms with Crippen LogP contribution in [0, 0.1) is 6.92 Å². The molecule has 3 aromatic rings. The minimum absolute atomic E-state index is 0.0277. The topological polar surface area (TPSA) is 112 Å². The highest BCUT2D eigenvalue weighted by atomic mass is 35.5. The smallest absolute Gasteiger partial charge is 0.263 e. The predicted octanol–water partition coefficient (Wildman–Crippen LogP) is 3.66. The molecule has 0 amide bonds. The number of sulfonamides is 1. The van der Waals surface area contributed by atoms with E-state index < -0.39 is 10.0 Å². The molecule has 4 rings (SSSR count). The molecule has 0 radical (unpaired) electrons. The highest BCUT2D eigenvalue weighted by Gasteiger charge is 2.27. The molecule has 0 saturated carbocycles. The molecule has 0 fully saturated rings. The highest BCUT2D eigenvalue weighted by molar-refractivity contribution is 7.92. The third-order valence-electron chi connectivity index (χ3n) is 5.40. The minimum Gasteiger partial charge on any atom is -0.493 e. The van der Waals surface area contributed by atoms with Crippen molar-refractivity contribution < 1.29 is 27.4 Å². The molecular weight excluding hydrogens is 496 g/mol. The van der Waals surface area contributed by atoms with E-state index in [-0.39, 0.29) is 29.1 Å². The van der Waals surface area contributed by atoms with Crippen molar-refractivity contribution in [2.24, 2.45) is 0 Å². The van der Waals surface area contributed by atoms with Crippen molar-refractivity contribution in [3.63, 3.8) is 0 Å². The number of hydrogen-bond donors (Lipinski definition) is 1. The molecule has 0 bridgehead atoms. The first-order valence-electron chi connectivity index (χ1n) is 10.6. The van der Waals surface area contributed by atoms with Crippen LogP contribution in [-0.2, 0) is 16.6 Å². The van der Waals surface area contributed by atoms with Crippen LogP contribution in [0.3, 0.4) is 0 Å². The van der Waals surface area contributed by atoms with Crippen molar-refractivity contribution in [3.05, 3.63) is 52.5 Å². The average Bonchev–Trinajstić information content (AvgIpc) is 2.84. The molecule has 0 aliphatic carbocycles. The summed E-state index contributed by atoms with van der Waals surface area (Å²) < 4.78 is 51.1. The van der Waals surface area contributed by atoms with Gasteiger partial charge in [0.05, 0.1) is 25.7 Å². The largest absolute Gasteiger partial charge is 0.493 e. The molecule has 0 spiro atoms. The van der Waals surface area contributed by atoms with Gasteiger partial charge in [-0.2, -0.15) is 4.98 Å². The van der Waals surface area contributed by atoms with Gasteiger partial charge in [-0.15, -0.1) is 0 Å². The van der Waals surface area contributed by atoms with Crippen LogP contribution in [0.5, 0.6) is 23.3 Å². The third kappa shape index (κ3) is 5.15. The number of aromatic nitrogens is 2. The van der Waals surface area contributed by atoms with E-state index in [4.69, 9.17) is 30.5 Å². The van der Waals surface area contributed by atoms with Crippen molar-refractivity contribution in [2.45, 2.75) is 18.4 Å². The molecule has 0 unspecified atom stereocenters. The number of likely N-dealkylation sites (N-methyl/N-ethyl adjacent to an activating group) is 1. The maximum atomic E-state index is 13.2. The Bertz CT molecular complexity index is 1350. The van der Waals surface area contributed by atoms with Crippen LogP contribution in [0.15, 0.2) is 41.3 Å². The summed E-state index contributed by atoms with van der Waals surface area (Å²) in [6.45, 7) is 2.69. The Balaban J connectivity index is 1.69. The molecule has 35 heavy (non-hydrogen) atoms. The summed E-state index contributed by atoms with van der Waals surface area (Å²) in [5, 5.41) is 0.336. The molecule has 2 heterocycles. The van der Waals surface area contributed by atoms with E-state index in [0.29, 0.717) is 41.1 Å². The number of halogens is 1. The van der Waals surface area contributed by atoms with Crippen molar-refractivity contribution in [1.29, 1.82) is 0 Å². The lowest BCUT2D eigenvalue weighted by Gasteiger charge is -2.26. The van der Waals surface area contributed by atoms with Gasteiger partial charge in [0.2, 0.25) is 5.82 Å². The normalized spacial score (nSPS) is 13.0. The number of rotatable bonds is 8. The molecule has 1 aliphatic rings. The summed E-state index contributed by atoms with van der Waals surface area (Å²) in [6, 6.07) is 9.97. The van der Waals surface area contributed by atoms with Crippen LogP contribution in [-0.4, -0.2) is 52.8 Å². The Morgan fingerprint density at radius 1 is 1.14 bits per heavy atom. The van der Waals surface area contributed by atoms with E-state index in [9.17, 15) is 8.42 Å². The third-order valence-corrected chi connectivity index (χ3v) is 7.30. The number of nitrogens with zero attached hydrogens (tertiary/aromatic N) is 3. The summed E-state index contributed by atoms with van der Waals surface area (Å²) in [4.78, 5) is 10.7. The van der Waals surface area contributed by atoms with E-state index in [1.165, 1.54) is 13.2 Å². The average molecular weight is 521 g/mol. The number of fused-ring (bicyclic) bond motifs is 1. The Morgan fingerprint density at radius 2 is 1.91 bits per heavy atom. The van der Waals surface area contributed by atoms with Gasteiger partial charge in [0.15, 0.2) is 17.3 Å². The van der Waals surface area contributed by atoms with Gasteiger partial charge in [0, 0.05) is 12.1 Å². The van der Waals surface area contributed by atoms with Crippen LogP contribution >= 0.6 is 11.6 Å². The molecule has 10 nitrogen and oxygen atoms in total. The van der Waals surface area contributed by atoms with Gasteiger partial charge in [0.1, 0.15) is 13.2 Å². The lowest BCUT2D eigenvalue weighted by Crippen LogP contribution is -2.31. The quantitative estimate of drug-likeness (QED) is 0.475. The van der Waals surface area contributed by atoms with Crippen molar-refractivity contribution >= 4 is 33.3 Å². The first kappa shape index (κ1) is 24.7. The van der Waals surface area contributed by atoms with E-state index in [1.807, 2.05) is 11.9 Å². The van der Waals surface area contributed by atoms with Crippen molar-refractivity contribution in [1.82, 2.24) is 9.97 Å². The van der Waals surface area contributed by atoms with E-state index in [0.717, 1.165) is 5.56 Å². The van der Waals surface area contributed by atoms with Crippen LogP contribution in [0.1, 0.15) is 11.1 Å². The molecule has 186 valence electrons. The summed E-state index contributed by atoms with van der Waals surface area (Å²) in [6.07, 6.45) is 0. The summed E-state index contributed by atoms with van der Waals surface area (Å²) >= 11 is 6.14. The van der Waals surface area contributed by atoms with Crippen LogP contribution in [0.4, 0.5) is 11.6 Å². The Kier molecular flexibility index (Phi) is 7.08. The van der Waals surface area contributed by atoms with Gasteiger partial charge < -0.3 is 23.8 Å². The number of benzene rings is 2. The lowest BCUT2D eigenvalue weighted by atomic mass is 10.2. The molecule has 1 N–H and O–H groups in total. The highest BCUT2D eigenvalue weighted by Crippen LogP contribution is 2.35. The second kappa shape index (κ2) is 10.0. The SMILES string of the molecule is COc1ccc(COc2nc3c(nc2NS(=O)(=O)c2cccc(Cl)c2C)N(C)CCO3)cc1OC. The molecular formula is C23H25ClN4O6S. The zero-order valence-corrected chi connectivity index (χ0v) is 21.2. The Morgan fingerprint density at radius 3 is 2.66 bits per heavy atom. The molecule has 12 heteroatoms. The monoisotopic (exact) mass is 520 g/mol. The number of methoxy groups -OCH3 is 2.